The van der Waals surface area contributed by atoms with Crippen LogP contribution in [-0.4, -0.2) is 31.7 Å². The van der Waals surface area contributed by atoms with Crippen LogP contribution in [0.25, 0.3) is 0 Å². The summed E-state index contributed by atoms with van der Waals surface area (Å²) in [4.78, 5) is 2.14. The molecule has 0 radical (unpaired) electrons. The molecule has 0 atom stereocenters. The van der Waals surface area contributed by atoms with Crippen molar-refractivity contribution in [1.29, 1.82) is 0 Å². The first-order valence-electron chi connectivity index (χ1n) is 7.21. The van der Waals surface area contributed by atoms with E-state index < -0.39 is 10.0 Å². The number of thiophene rings is 1. The van der Waals surface area contributed by atoms with Crippen LogP contribution in [0.1, 0.15) is 26.7 Å². The molecular weight excluding hydrogens is 320 g/mol. The van der Waals surface area contributed by atoms with Crippen LogP contribution in [0, 0.1) is 0 Å². The normalized spacial score (nSPS) is 11.4. The van der Waals surface area contributed by atoms with Gasteiger partial charge in [0.2, 0.25) is 0 Å². The van der Waals surface area contributed by atoms with E-state index in [0.717, 1.165) is 43.1 Å². The number of hydrogen-bond donors (Lipinski definition) is 1. The van der Waals surface area contributed by atoms with Crippen molar-refractivity contribution in [3.05, 3.63) is 29.6 Å². The van der Waals surface area contributed by atoms with Crippen molar-refractivity contribution < 1.29 is 8.42 Å². The van der Waals surface area contributed by atoms with E-state index in [1.165, 1.54) is 0 Å². The Labute approximate surface area is 135 Å². The smallest absolute Gasteiger partial charge is 0.272 e. The second-order valence-electron chi connectivity index (χ2n) is 4.80. The lowest BCUT2D eigenvalue weighted by Gasteiger charge is -2.21. The highest BCUT2D eigenvalue weighted by molar-refractivity contribution is 7.94. The molecule has 0 aliphatic heterocycles. The van der Waals surface area contributed by atoms with Gasteiger partial charge in [0.05, 0.1) is 0 Å². The SMILES string of the molecule is CCCN(CCC)c1ccc(NS(=O)(=O)c2cccs2)nn1. The molecule has 0 aliphatic rings. The van der Waals surface area contributed by atoms with Crippen molar-refractivity contribution in [2.45, 2.75) is 30.9 Å². The van der Waals surface area contributed by atoms with Gasteiger partial charge in [-0.1, -0.05) is 19.9 Å². The van der Waals surface area contributed by atoms with E-state index in [-0.39, 0.29) is 10.0 Å². The maximum atomic E-state index is 12.1. The summed E-state index contributed by atoms with van der Waals surface area (Å²) in [6.07, 6.45) is 2.04. The fraction of sp³-hybridized carbons (Fsp3) is 0.429. The molecule has 0 amide bonds. The first-order chi connectivity index (χ1) is 10.6. The topological polar surface area (TPSA) is 75.2 Å². The van der Waals surface area contributed by atoms with Crippen LogP contribution >= 0.6 is 11.3 Å². The standard InChI is InChI=1S/C14H20N4O2S2/c1-3-9-18(10-4-2)13-8-7-12(15-16-13)17-22(19,20)14-6-5-11-21-14/h5-8,11H,3-4,9-10H2,1-2H3,(H,15,17). The highest BCUT2D eigenvalue weighted by Gasteiger charge is 2.16. The predicted molar refractivity (Wildman–Crippen MR) is 90.0 cm³/mol. The molecule has 0 aliphatic carbocycles. The van der Waals surface area contributed by atoms with Gasteiger partial charge in [-0.2, -0.15) is 0 Å². The van der Waals surface area contributed by atoms with E-state index in [9.17, 15) is 8.42 Å². The van der Waals surface area contributed by atoms with Crippen molar-refractivity contribution in [2.75, 3.05) is 22.7 Å². The summed E-state index contributed by atoms with van der Waals surface area (Å²) >= 11 is 1.16. The fourth-order valence-electron chi connectivity index (χ4n) is 2.03. The van der Waals surface area contributed by atoms with E-state index >= 15 is 0 Å². The van der Waals surface area contributed by atoms with Crippen molar-refractivity contribution in [3.63, 3.8) is 0 Å². The number of nitrogens with one attached hydrogen (secondary N) is 1. The monoisotopic (exact) mass is 340 g/mol. The quantitative estimate of drug-likeness (QED) is 0.799. The molecule has 8 heteroatoms. The summed E-state index contributed by atoms with van der Waals surface area (Å²) in [5, 5.41) is 9.83. The van der Waals surface area contributed by atoms with Gasteiger partial charge < -0.3 is 4.90 Å². The Morgan fingerprint density at radius 2 is 1.86 bits per heavy atom. The molecule has 0 saturated heterocycles. The Hall–Kier alpha value is -1.67. The maximum Gasteiger partial charge on any atom is 0.272 e. The lowest BCUT2D eigenvalue weighted by molar-refractivity contribution is 0.603. The van der Waals surface area contributed by atoms with Gasteiger partial charge in [0.1, 0.15) is 4.21 Å². The molecule has 6 nitrogen and oxygen atoms in total. The van der Waals surface area contributed by atoms with E-state index in [0.29, 0.717) is 0 Å². The summed E-state index contributed by atoms with van der Waals surface area (Å²) in [5.41, 5.74) is 0. The van der Waals surface area contributed by atoms with E-state index in [1.807, 2.05) is 0 Å². The first-order valence-corrected chi connectivity index (χ1v) is 9.58. The van der Waals surface area contributed by atoms with Crippen LogP contribution in [0.3, 0.4) is 0 Å². The Bertz CT molecular complexity index is 663. The van der Waals surface area contributed by atoms with Crippen LogP contribution in [0.4, 0.5) is 11.6 Å². The minimum absolute atomic E-state index is 0.227. The molecule has 2 aromatic rings. The van der Waals surface area contributed by atoms with Crippen LogP contribution in [0.5, 0.6) is 0 Å². The number of hydrogen-bond acceptors (Lipinski definition) is 6. The Balaban J connectivity index is 2.12. The summed E-state index contributed by atoms with van der Waals surface area (Å²) in [5.74, 6) is 0.993. The number of anilines is 2. The molecule has 2 aromatic heterocycles. The second kappa shape index (κ2) is 7.55. The maximum absolute atomic E-state index is 12.1. The van der Waals surface area contributed by atoms with Gasteiger partial charge in [0, 0.05) is 13.1 Å². The van der Waals surface area contributed by atoms with Crippen molar-refractivity contribution >= 4 is 33.0 Å². The summed E-state index contributed by atoms with van der Waals surface area (Å²) in [7, 11) is -3.57. The molecule has 120 valence electrons. The van der Waals surface area contributed by atoms with Gasteiger partial charge in [0.25, 0.3) is 10.0 Å². The molecule has 0 unspecified atom stereocenters. The third-order valence-electron chi connectivity index (χ3n) is 2.96. The average Bonchev–Trinajstić information content (AvgIpc) is 3.03. The molecule has 0 saturated carbocycles. The van der Waals surface area contributed by atoms with Crippen molar-refractivity contribution in [1.82, 2.24) is 10.2 Å². The van der Waals surface area contributed by atoms with Gasteiger partial charge in [-0.05, 0) is 36.4 Å². The van der Waals surface area contributed by atoms with Crippen molar-refractivity contribution in [3.8, 4) is 0 Å². The lowest BCUT2D eigenvalue weighted by Crippen LogP contribution is -2.26. The van der Waals surface area contributed by atoms with Crippen molar-refractivity contribution in [2.24, 2.45) is 0 Å². The number of rotatable bonds is 8. The number of aromatic nitrogens is 2. The molecule has 0 aromatic carbocycles. The molecule has 0 fully saturated rings. The largest absolute Gasteiger partial charge is 0.355 e. The van der Waals surface area contributed by atoms with Gasteiger partial charge in [-0.25, -0.2) is 8.42 Å². The number of nitrogens with zero attached hydrogens (tertiary/aromatic N) is 3. The minimum Gasteiger partial charge on any atom is -0.355 e. The average molecular weight is 340 g/mol. The fourth-order valence-corrected chi connectivity index (χ4v) is 4.02. The van der Waals surface area contributed by atoms with Crippen LogP contribution in [-0.2, 0) is 10.0 Å². The van der Waals surface area contributed by atoms with Gasteiger partial charge in [-0.15, -0.1) is 21.5 Å². The third-order valence-corrected chi connectivity index (χ3v) is 5.71. The molecule has 0 spiro atoms. The zero-order valence-electron chi connectivity index (χ0n) is 12.7. The Kier molecular flexibility index (Phi) is 5.73. The van der Waals surface area contributed by atoms with E-state index in [2.05, 4.69) is 33.7 Å². The van der Waals surface area contributed by atoms with Gasteiger partial charge in [0.15, 0.2) is 11.6 Å². The Morgan fingerprint density at radius 1 is 1.14 bits per heavy atom. The molecule has 2 rings (SSSR count). The highest BCUT2D eigenvalue weighted by atomic mass is 32.2. The van der Waals surface area contributed by atoms with Gasteiger partial charge >= 0.3 is 0 Å². The zero-order chi connectivity index (χ0) is 16.0. The highest BCUT2D eigenvalue weighted by Crippen LogP contribution is 2.20. The van der Waals surface area contributed by atoms with E-state index in [4.69, 9.17) is 0 Å². The lowest BCUT2D eigenvalue weighted by atomic mass is 10.3. The molecule has 22 heavy (non-hydrogen) atoms. The molecule has 2 heterocycles. The molecule has 1 N–H and O–H groups in total. The predicted octanol–water partition coefficient (Wildman–Crippen LogP) is 2.97. The third kappa shape index (κ3) is 4.17. The first kappa shape index (κ1) is 16.7. The Morgan fingerprint density at radius 3 is 2.36 bits per heavy atom. The van der Waals surface area contributed by atoms with Crippen LogP contribution in [0.2, 0.25) is 0 Å². The summed E-state index contributed by atoms with van der Waals surface area (Å²) in [6.45, 7) is 6.03. The minimum atomic E-state index is -3.57. The zero-order valence-corrected chi connectivity index (χ0v) is 14.3. The number of sulfonamides is 1. The molecule has 0 bridgehead atoms. The van der Waals surface area contributed by atoms with Crippen LogP contribution in [0.15, 0.2) is 33.9 Å². The second-order valence-corrected chi connectivity index (χ2v) is 7.66. The van der Waals surface area contributed by atoms with Gasteiger partial charge in [-0.3, -0.25) is 4.72 Å². The summed E-state index contributed by atoms with van der Waals surface area (Å²) < 4.78 is 26.9. The molecular formula is C14H20N4O2S2. The van der Waals surface area contributed by atoms with Crippen LogP contribution < -0.4 is 9.62 Å². The van der Waals surface area contributed by atoms with E-state index in [1.54, 1.807) is 29.6 Å². The summed E-state index contributed by atoms with van der Waals surface area (Å²) in [6, 6.07) is 6.69.